The van der Waals surface area contributed by atoms with Crippen molar-refractivity contribution in [1.29, 1.82) is 0 Å². The van der Waals surface area contributed by atoms with E-state index in [9.17, 15) is 4.79 Å². The van der Waals surface area contributed by atoms with E-state index in [1.807, 2.05) is 19.1 Å². The zero-order chi connectivity index (χ0) is 13.0. The van der Waals surface area contributed by atoms with Crippen LogP contribution in [0.2, 0.25) is 0 Å². The molecule has 3 N–H and O–H groups in total. The van der Waals surface area contributed by atoms with E-state index >= 15 is 0 Å². The van der Waals surface area contributed by atoms with Crippen LogP contribution in [0.15, 0.2) is 30.9 Å². The van der Waals surface area contributed by atoms with E-state index in [1.54, 1.807) is 12.4 Å². The Balaban J connectivity index is 1.92. The van der Waals surface area contributed by atoms with Crippen LogP contribution in [-0.4, -0.2) is 25.7 Å². The Morgan fingerprint density at radius 1 is 1.50 bits per heavy atom. The number of hydrogen-bond donors (Lipinski definition) is 2. The Bertz CT molecular complexity index is 523. The third-order valence-electron chi connectivity index (χ3n) is 2.44. The van der Waals surface area contributed by atoms with E-state index in [0.717, 1.165) is 5.56 Å². The van der Waals surface area contributed by atoms with Gasteiger partial charge in [-0.25, -0.2) is 9.67 Å². The summed E-state index contributed by atoms with van der Waals surface area (Å²) in [4.78, 5) is 19.4. The van der Waals surface area contributed by atoms with Crippen molar-refractivity contribution in [1.82, 2.24) is 25.1 Å². The predicted octanol–water partition coefficient (Wildman–Crippen LogP) is 0.133. The first-order valence-electron chi connectivity index (χ1n) is 5.49. The van der Waals surface area contributed by atoms with Gasteiger partial charge in [-0.05, 0) is 24.6 Å². The number of pyridine rings is 1. The second kappa shape index (κ2) is 5.26. The molecule has 0 aromatic carbocycles. The van der Waals surface area contributed by atoms with E-state index in [-0.39, 0.29) is 24.4 Å². The number of carbonyl (C=O) groups is 1. The van der Waals surface area contributed by atoms with Gasteiger partial charge in [0.1, 0.15) is 12.9 Å². The molecule has 2 heterocycles. The first-order valence-corrected chi connectivity index (χ1v) is 5.49. The maximum atomic E-state index is 11.7. The topological polar surface area (TPSA) is 98.7 Å². The number of amides is 1. The third kappa shape index (κ3) is 3.03. The van der Waals surface area contributed by atoms with Gasteiger partial charge >= 0.3 is 0 Å². The molecule has 94 valence electrons. The van der Waals surface area contributed by atoms with Gasteiger partial charge in [0.05, 0.1) is 6.04 Å². The van der Waals surface area contributed by atoms with Crippen molar-refractivity contribution >= 4 is 11.9 Å². The molecule has 0 radical (unpaired) electrons. The molecule has 0 fully saturated rings. The number of aromatic nitrogens is 4. The van der Waals surface area contributed by atoms with Crippen LogP contribution in [0, 0.1) is 0 Å². The third-order valence-corrected chi connectivity index (χ3v) is 2.44. The lowest BCUT2D eigenvalue weighted by Crippen LogP contribution is -2.30. The van der Waals surface area contributed by atoms with Gasteiger partial charge in [-0.15, -0.1) is 5.10 Å². The molecule has 1 amide bonds. The lowest BCUT2D eigenvalue weighted by atomic mass is 10.1. The smallest absolute Gasteiger partial charge is 0.242 e. The summed E-state index contributed by atoms with van der Waals surface area (Å²) < 4.78 is 1.39. The van der Waals surface area contributed by atoms with Crippen LogP contribution in [0.25, 0.3) is 0 Å². The van der Waals surface area contributed by atoms with Gasteiger partial charge in [0, 0.05) is 12.4 Å². The Hall–Kier alpha value is -2.44. The summed E-state index contributed by atoms with van der Waals surface area (Å²) >= 11 is 0. The normalized spacial score (nSPS) is 12.1. The Morgan fingerprint density at radius 2 is 2.22 bits per heavy atom. The van der Waals surface area contributed by atoms with E-state index < -0.39 is 0 Å². The summed E-state index contributed by atoms with van der Waals surface area (Å²) in [6.45, 7) is 2.00. The minimum absolute atomic E-state index is 0.0821. The number of nitrogen functional groups attached to an aromatic ring is 1. The molecule has 0 spiro atoms. The van der Waals surface area contributed by atoms with Crippen molar-refractivity contribution in [2.24, 2.45) is 0 Å². The molecule has 2 aromatic rings. The van der Waals surface area contributed by atoms with Gasteiger partial charge in [0.2, 0.25) is 11.9 Å². The highest BCUT2D eigenvalue weighted by molar-refractivity contribution is 5.76. The molecule has 2 rings (SSSR count). The SMILES string of the molecule is CC(NC(=O)Cn1cnc(N)n1)c1ccncc1. The standard InChI is InChI=1S/C11H14N6O/c1-8(9-2-4-13-5-3-9)15-10(18)6-17-7-14-11(12)16-17/h2-5,7-8H,6H2,1H3,(H2,12,16)(H,15,18). The van der Waals surface area contributed by atoms with Crippen LogP contribution in [0.1, 0.15) is 18.5 Å². The van der Waals surface area contributed by atoms with Crippen LogP contribution < -0.4 is 11.1 Å². The number of rotatable bonds is 4. The molecule has 2 aromatic heterocycles. The fraction of sp³-hybridized carbons (Fsp3) is 0.273. The zero-order valence-electron chi connectivity index (χ0n) is 9.95. The molecule has 0 saturated heterocycles. The second-order valence-electron chi connectivity index (χ2n) is 3.87. The van der Waals surface area contributed by atoms with Gasteiger partial charge in [-0.2, -0.15) is 0 Å². The summed E-state index contributed by atoms with van der Waals surface area (Å²) in [5.41, 5.74) is 6.36. The molecule has 0 aliphatic rings. The van der Waals surface area contributed by atoms with Crippen LogP contribution >= 0.6 is 0 Å². The molecule has 1 unspecified atom stereocenters. The van der Waals surface area contributed by atoms with Crippen molar-refractivity contribution in [3.05, 3.63) is 36.4 Å². The Kier molecular flexibility index (Phi) is 3.52. The quantitative estimate of drug-likeness (QED) is 0.799. The average molecular weight is 246 g/mol. The lowest BCUT2D eigenvalue weighted by molar-refractivity contribution is -0.122. The predicted molar refractivity (Wildman–Crippen MR) is 65.2 cm³/mol. The molecule has 0 aliphatic heterocycles. The fourth-order valence-electron chi connectivity index (χ4n) is 1.55. The lowest BCUT2D eigenvalue weighted by Gasteiger charge is -2.13. The molecule has 7 heteroatoms. The Labute approximate surface area is 104 Å². The monoisotopic (exact) mass is 246 g/mol. The number of nitrogens with two attached hydrogens (primary N) is 1. The summed E-state index contributed by atoms with van der Waals surface area (Å²) in [6.07, 6.45) is 4.80. The minimum atomic E-state index is -0.149. The number of anilines is 1. The molecule has 1 atom stereocenters. The first kappa shape index (κ1) is 12.0. The van der Waals surface area contributed by atoms with Crippen molar-refractivity contribution in [3.8, 4) is 0 Å². The molecule has 18 heavy (non-hydrogen) atoms. The van der Waals surface area contributed by atoms with E-state index in [2.05, 4.69) is 20.4 Å². The molecule has 7 nitrogen and oxygen atoms in total. The van der Waals surface area contributed by atoms with Crippen LogP contribution in [0.4, 0.5) is 5.95 Å². The second-order valence-corrected chi connectivity index (χ2v) is 3.87. The number of carbonyl (C=O) groups excluding carboxylic acids is 1. The van der Waals surface area contributed by atoms with Crippen molar-refractivity contribution in [3.63, 3.8) is 0 Å². The highest BCUT2D eigenvalue weighted by Gasteiger charge is 2.10. The summed E-state index contributed by atoms with van der Waals surface area (Å²) in [5.74, 6) is 0.00851. The molecular formula is C11H14N6O. The highest BCUT2D eigenvalue weighted by atomic mass is 16.2. The zero-order valence-corrected chi connectivity index (χ0v) is 9.95. The van der Waals surface area contributed by atoms with Gasteiger partial charge in [0.15, 0.2) is 0 Å². The van der Waals surface area contributed by atoms with E-state index in [1.165, 1.54) is 11.0 Å². The number of nitrogens with one attached hydrogen (secondary N) is 1. The van der Waals surface area contributed by atoms with Crippen molar-refractivity contribution < 1.29 is 4.79 Å². The number of nitrogens with zero attached hydrogens (tertiary/aromatic N) is 4. The Morgan fingerprint density at radius 3 is 2.83 bits per heavy atom. The van der Waals surface area contributed by atoms with Gasteiger partial charge in [0.25, 0.3) is 0 Å². The molecule has 0 saturated carbocycles. The summed E-state index contributed by atoms with van der Waals surface area (Å²) in [7, 11) is 0. The fourth-order valence-corrected chi connectivity index (χ4v) is 1.55. The summed E-state index contributed by atoms with van der Waals surface area (Å²) in [5, 5.41) is 6.70. The van der Waals surface area contributed by atoms with Gasteiger partial charge < -0.3 is 11.1 Å². The van der Waals surface area contributed by atoms with Crippen molar-refractivity contribution in [2.75, 3.05) is 5.73 Å². The van der Waals surface area contributed by atoms with Crippen LogP contribution in [-0.2, 0) is 11.3 Å². The van der Waals surface area contributed by atoms with Gasteiger partial charge in [-0.3, -0.25) is 9.78 Å². The maximum Gasteiger partial charge on any atom is 0.242 e. The van der Waals surface area contributed by atoms with Gasteiger partial charge in [-0.1, -0.05) is 0 Å². The molecule has 0 aliphatic carbocycles. The largest absolute Gasteiger partial charge is 0.367 e. The van der Waals surface area contributed by atoms with E-state index in [4.69, 9.17) is 5.73 Å². The maximum absolute atomic E-state index is 11.7. The highest BCUT2D eigenvalue weighted by Crippen LogP contribution is 2.09. The number of hydrogen-bond acceptors (Lipinski definition) is 5. The van der Waals surface area contributed by atoms with Crippen LogP contribution in [0.3, 0.4) is 0 Å². The average Bonchev–Trinajstić information content (AvgIpc) is 2.75. The summed E-state index contributed by atoms with van der Waals surface area (Å²) in [6, 6.07) is 3.64. The van der Waals surface area contributed by atoms with E-state index in [0.29, 0.717) is 0 Å². The molecular weight excluding hydrogens is 232 g/mol. The first-order chi connectivity index (χ1) is 8.65. The van der Waals surface area contributed by atoms with Crippen LogP contribution in [0.5, 0.6) is 0 Å². The van der Waals surface area contributed by atoms with Crippen molar-refractivity contribution in [2.45, 2.75) is 19.5 Å². The minimum Gasteiger partial charge on any atom is -0.367 e. The molecule has 0 bridgehead atoms.